The Morgan fingerprint density at radius 1 is 1.16 bits per heavy atom. The summed E-state index contributed by atoms with van der Waals surface area (Å²) in [6, 6.07) is 6.55. The van der Waals surface area contributed by atoms with Crippen molar-refractivity contribution in [3.8, 4) is 0 Å². The van der Waals surface area contributed by atoms with Crippen LogP contribution in [-0.2, 0) is 17.8 Å². The molecule has 32 heavy (non-hydrogen) atoms. The summed E-state index contributed by atoms with van der Waals surface area (Å²) in [5.74, 6) is -0.776. The molecule has 1 aromatic carbocycles. The van der Waals surface area contributed by atoms with Crippen LogP contribution in [0.2, 0.25) is 0 Å². The van der Waals surface area contributed by atoms with Crippen LogP contribution < -0.4 is 10.6 Å². The smallest absolute Gasteiger partial charge is 0.230 e. The van der Waals surface area contributed by atoms with Gasteiger partial charge in [-0.15, -0.1) is 0 Å². The van der Waals surface area contributed by atoms with E-state index in [4.69, 9.17) is 0 Å². The molecule has 0 bridgehead atoms. The molecule has 0 unspecified atom stereocenters. The maximum atomic E-state index is 14.5. The summed E-state index contributed by atoms with van der Waals surface area (Å²) < 4.78 is 29.2. The van der Waals surface area contributed by atoms with Crippen LogP contribution in [0.4, 0.5) is 20.3 Å². The highest BCUT2D eigenvalue weighted by Gasteiger charge is 2.15. The first-order valence-electron chi connectivity index (χ1n) is 10.1. The number of nitrogens with one attached hydrogen (secondary N) is 2. The quantitative estimate of drug-likeness (QED) is 0.456. The fourth-order valence-corrected chi connectivity index (χ4v) is 3.21. The maximum absolute atomic E-state index is 14.5. The zero-order valence-corrected chi connectivity index (χ0v) is 17.5. The summed E-state index contributed by atoms with van der Waals surface area (Å²) in [6.45, 7) is 4.46. The maximum Gasteiger partial charge on any atom is 0.230 e. The molecule has 3 heterocycles. The highest BCUT2D eigenvalue weighted by atomic mass is 19.1. The Bertz CT molecular complexity index is 1260. The molecule has 0 aliphatic heterocycles. The molecular weight excluding hydrogens is 416 g/mol. The average Bonchev–Trinajstić information content (AvgIpc) is 3.19. The van der Waals surface area contributed by atoms with Crippen molar-refractivity contribution in [3.05, 3.63) is 71.8 Å². The number of aryl methyl sites for hydroxylation is 1. The van der Waals surface area contributed by atoms with Gasteiger partial charge in [-0.25, -0.2) is 18.7 Å². The van der Waals surface area contributed by atoms with Gasteiger partial charge >= 0.3 is 0 Å². The van der Waals surface area contributed by atoms with E-state index in [-0.39, 0.29) is 12.3 Å². The fourth-order valence-electron chi connectivity index (χ4n) is 3.21. The van der Waals surface area contributed by atoms with Gasteiger partial charge in [-0.3, -0.25) is 14.5 Å². The molecule has 8 nitrogen and oxygen atoms in total. The summed E-state index contributed by atoms with van der Waals surface area (Å²) in [7, 11) is 0. The molecule has 4 rings (SSSR count). The Kier molecular flexibility index (Phi) is 6.02. The zero-order valence-electron chi connectivity index (χ0n) is 17.5. The number of carbonyl (C=O) groups excluding carboxylic acids is 1. The SMILES string of the molecule is CCn1cc2ncc(N[C@@H](C)c3cc(NC(=O)Cc4ccc(F)cn4)ccc3F)nc2n1. The number of hydrogen-bond donors (Lipinski definition) is 2. The number of fused-ring (bicyclic) bond motifs is 1. The molecule has 1 amide bonds. The number of carbonyl (C=O) groups is 1. The molecule has 164 valence electrons. The number of amides is 1. The third kappa shape index (κ3) is 4.85. The highest BCUT2D eigenvalue weighted by Crippen LogP contribution is 2.24. The Morgan fingerprint density at radius 2 is 2.00 bits per heavy atom. The number of halogens is 2. The van der Waals surface area contributed by atoms with Gasteiger partial charge in [-0.2, -0.15) is 5.10 Å². The first-order chi connectivity index (χ1) is 15.4. The highest BCUT2D eigenvalue weighted by molar-refractivity contribution is 5.92. The Balaban J connectivity index is 1.46. The number of nitrogens with zero attached hydrogens (tertiary/aromatic N) is 5. The lowest BCUT2D eigenvalue weighted by molar-refractivity contribution is -0.115. The molecule has 10 heteroatoms. The minimum atomic E-state index is -0.471. The first kappa shape index (κ1) is 21.3. The summed E-state index contributed by atoms with van der Waals surface area (Å²) in [5, 5.41) is 10.2. The Labute approximate surface area is 182 Å². The van der Waals surface area contributed by atoms with Crippen molar-refractivity contribution in [2.24, 2.45) is 0 Å². The van der Waals surface area contributed by atoms with E-state index in [0.717, 1.165) is 6.20 Å². The lowest BCUT2D eigenvalue weighted by atomic mass is 10.1. The van der Waals surface area contributed by atoms with Crippen LogP contribution in [-0.4, -0.2) is 30.6 Å². The van der Waals surface area contributed by atoms with Gasteiger partial charge in [0.2, 0.25) is 11.6 Å². The van der Waals surface area contributed by atoms with Crippen molar-refractivity contribution < 1.29 is 13.6 Å². The molecule has 0 fully saturated rings. The third-order valence-corrected chi connectivity index (χ3v) is 4.84. The van der Waals surface area contributed by atoms with Crippen LogP contribution in [0.15, 0.2) is 48.9 Å². The lowest BCUT2D eigenvalue weighted by Crippen LogP contribution is -2.16. The number of rotatable bonds is 7. The molecule has 3 aromatic heterocycles. The van der Waals surface area contributed by atoms with E-state index in [1.165, 1.54) is 24.3 Å². The molecular formula is C22H21F2N7O. The Hall–Kier alpha value is -3.95. The normalized spacial score (nSPS) is 12.0. The van der Waals surface area contributed by atoms with Gasteiger partial charge in [0.05, 0.1) is 31.1 Å². The summed E-state index contributed by atoms with van der Waals surface area (Å²) in [5.41, 5.74) is 2.39. The van der Waals surface area contributed by atoms with Crippen molar-refractivity contribution in [2.45, 2.75) is 32.9 Å². The molecule has 1 atom stereocenters. The van der Waals surface area contributed by atoms with E-state index in [9.17, 15) is 13.6 Å². The van der Waals surface area contributed by atoms with Crippen LogP contribution in [0, 0.1) is 11.6 Å². The van der Waals surface area contributed by atoms with Gasteiger partial charge in [-0.05, 0) is 44.2 Å². The van der Waals surface area contributed by atoms with Crippen molar-refractivity contribution in [1.29, 1.82) is 0 Å². The van der Waals surface area contributed by atoms with Crippen LogP contribution in [0.5, 0.6) is 0 Å². The van der Waals surface area contributed by atoms with Crippen molar-refractivity contribution >= 4 is 28.6 Å². The number of pyridine rings is 1. The second-order valence-corrected chi connectivity index (χ2v) is 7.24. The third-order valence-electron chi connectivity index (χ3n) is 4.84. The largest absolute Gasteiger partial charge is 0.362 e. The molecule has 0 radical (unpaired) electrons. The first-order valence-corrected chi connectivity index (χ1v) is 10.1. The van der Waals surface area contributed by atoms with E-state index in [0.29, 0.717) is 40.5 Å². The predicted molar refractivity (Wildman–Crippen MR) is 116 cm³/mol. The second-order valence-electron chi connectivity index (χ2n) is 7.24. The molecule has 2 N–H and O–H groups in total. The van der Waals surface area contributed by atoms with Crippen molar-refractivity contribution in [1.82, 2.24) is 24.7 Å². The Morgan fingerprint density at radius 3 is 2.75 bits per heavy atom. The van der Waals surface area contributed by atoms with E-state index < -0.39 is 17.7 Å². The molecule has 0 aliphatic rings. The number of benzene rings is 1. The minimum absolute atomic E-state index is 0.0270. The molecule has 0 saturated heterocycles. The van der Waals surface area contributed by atoms with E-state index in [1.54, 1.807) is 23.9 Å². The lowest BCUT2D eigenvalue weighted by Gasteiger charge is -2.17. The van der Waals surface area contributed by atoms with Gasteiger partial charge in [0.15, 0.2) is 0 Å². The average molecular weight is 437 g/mol. The topological polar surface area (TPSA) is 97.6 Å². The van der Waals surface area contributed by atoms with Crippen LogP contribution in [0.1, 0.15) is 31.1 Å². The van der Waals surface area contributed by atoms with Gasteiger partial charge < -0.3 is 10.6 Å². The van der Waals surface area contributed by atoms with Crippen LogP contribution >= 0.6 is 0 Å². The molecule has 0 aliphatic carbocycles. The van der Waals surface area contributed by atoms with E-state index in [2.05, 4.69) is 30.7 Å². The van der Waals surface area contributed by atoms with Crippen molar-refractivity contribution in [3.63, 3.8) is 0 Å². The van der Waals surface area contributed by atoms with Crippen LogP contribution in [0.25, 0.3) is 11.2 Å². The standard InChI is InChI=1S/C22H21F2N7O/c1-3-31-12-19-22(30-31)29-20(11-26-19)27-13(2)17-8-16(6-7-18(17)24)28-21(32)9-15-5-4-14(23)10-25-15/h4-8,10-13H,3,9H2,1-2H3,(H,28,32)(H,27,29,30)/t13-/m0/s1. The molecule has 0 saturated carbocycles. The van der Waals surface area contributed by atoms with Gasteiger partial charge in [-0.1, -0.05) is 0 Å². The molecule has 0 spiro atoms. The molecule has 4 aromatic rings. The van der Waals surface area contributed by atoms with E-state index >= 15 is 0 Å². The summed E-state index contributed by atoms with van der Waals surface area (Å²) >= 11 is 0. The zero-order chi connectivity index (χ0) is 22.7. The van der Waals surface area contributed by atoms with Gasteiger partial charge in [0.25, 0.3) is 0 Å². The van der Waals surface area contributed by atoms with Gasteiger partial charge in [0.1, 0.15) is 23.0 Å². The van der Waals surface area contributed by atoms with Gasteiger partial charge in [0, 0.05) is 23.5 Å². The summed E-state index contributed by atoms with van der Waals surface area (Å²) in [6.07, 6.45) is 4.41. The summed E-state index contributed by atoms with van der Waals surface area (Å²) in [4.78, 5) is 24.9. The van der Waals surface area contributed by atoms with E-state index in [1.807, 2.05) is 13.1 Å². The minimum Gasteiger partial charge on any atom is -0.362 e. The predicted octanol–water partition coefficient (Wildman–Crippen LogP) is 3.87. The fraction of sp³-hybridized carbons (Fsp3) is 0.227. The number of hydrogen-bond acceptors (Lipinski definition) is 6. The number of aromatic nitrogens is 5. The number of anilines is 2. The van der Waals surface area contributed by atoms with Crippen molar-refractivity contribution in [2.75, 3.05) is 10.6 Å². The van der Waals surface area contributed by atoms with Crippen LogP contribution in [0.3, 0.4) is 0 Å². The monoisotopic (exact) mass is 437 g/mol. The second kappa shape index (κ2) is 9.04.